The molecule has 0 radical (unpaired) electrons. The molecule has 0 bridgehead atoms. The van der Waals surface area contributed by atoms with Gasteiger partial charge in [0.1, 0.15) is 0 Å². The topological polar surface area (TPSA) is 49.3 Å². The lowest BCUT2D eigenvalue weighted by molar-refractivity contribution is -0.131. The summed E-state index contributed by atoms with van der Waals surface area (Å²) in [5.74, 6) is -0.649. The number of rotatable bonds is 2. The summed E-state index contributed by atoms with van der Waals surface area (Å²) in [6, 6.07) is 0. The van der Waals surface area contributed by atoms with Gasteiger partial charge < -0.3 is 10.4 Å². The maximum atomic E-state index is 10.1. The zero-order chi connectivity index (χ0) is 8.10. The van der Waals surface area contributed by atoms with Gasteiger partial charge in [-0.25, -0.2) is 4.79 Å². The Hall–Kier alpha value is -1.09. The van der Waals surface area contributed by atoms with E-state index in [2.05, 4.69) is 5.32 Å². The van der Waals surface area contributed by atoms with Crippen molar-refractivity contribution in [3.63, 3.8) is 0 Å². The lowest BCUT2D eigenvalue weighted by Crippen LogP contribution is -2.24. The van der Waals surface area contributed by atoms with Crippen LogP contribution in [-0.4, -0.2) is 24.2 Å². The highest BCUT2D eigenvalue weighted by Crippen LogP contribution is 2.02. The number of hydrogen-bond donors (Lipinski definition) is 2. The summed E-state index contributed by atoms with van der Waals surface area (Å²) >= 11 is 0. The van der Waals surface area contributed by atoms with Gasteiger partial charge in [0.25, 0.3) is 0 Å². The molecule has 0 spiro atoms. The molecule has 11 heavy (non-hydrogen) atoms. The second-order valence-corrected chi connectivity index (χ2v) is 2.45. The van der Waals surface area contributed by atoms with E-state index in [1.807, 2.05) is 12.2 Å². The first-order valence-electron chi connectivity index (χ1n) is 3.57. The zero-order valence-corrected chi connectivity index (χ0v) is 6.16. The number of nitrogens with one attached hydrogen (secondary N) is 1. The van der Waals surface area contributed by atoms with Crippen LogP contribution in [0.15, 0.2) is 24.3 Å². The Kier molecular flexibility index (Phi) is 2.86. The molecular weight excluding hydrogens is 142 g/mol. The number of aliphatic carboxylic acids is 1. The molecule has 60 valence electrons. The minimum absolute atomic E-state index is 0.236. The monoisotopic (exact) mass is 153 g/mol. The van der Waals surface area contributed by atoms with Crippen LogP contribution >= 0.6 is 0 Å². The first-order valence-corrected chi connectivity index (χ1v) is 3.57. The smallest absolute Gasteiger partial charge is 0.327 e. The molecule has 0 aromatic rings. The summed E-state index contributed by atoms with van der Waals surface area (Å²) < 4.78 is 0. The fourth-order valence-corrected chi connectivity index (χ4v) is 0.982. The number of hydrogen-bond acceptors (Lipinski definition) is 2. The van der Waals surface area contributed by atoms with Gasteiger partial charge in [-0.05, 0) is 0 Å². The van der Waals surface area contributed by atoms with Crippen molar-refractivity contribution in [1.82, 2.24) is 5.32 Å². The van der Waals surface area contributed by atoms with Crippen LogP contribution in [0.5, 0.6) is 0 Å². The predicted octanol–water partition coefficient (Wildman–Crippen LogP) is 0.403. The minimum Gasteiger partial charge on any atom is -0.478 e. The Balaban J connectivity index is 2.41. The van der Waals surface area contributed by atoms with Gasteiger partial charge in [0.2, 0.25) is 0 Å². The Morgan fingerprint density at radius 1 is 1.73 bits per heavy atom. The molecule has 3 nitrogen and oxygen atoms in total. The molecule has 1 unspecified atom stereocenters. The van der Waals surface area contributed by atoms with Crippen LogP contribution in [0.3, 0.4) is 0 Å². The average molecular weight is 153 g/mol. The van der Waals surface area contributed by atoms with E-state index >= 15 is 0 Å². The molecule has 0 amide bonds. The van der Waals surface area contributed by atoms with Gasteiger partial charge >= 0.3 is 5.97 Å². The van der Waals surface area contributed by atoms with Crippen LogP contribution in [0.2, 0.25) is 0 Å². The van der Waals surface area contributed by atoms with Crippen LogP contribution in [-0.2, 0) is 4.79 Å². The van der Waals surface area contributed by atoms with Crippen LogP contribution < -0.4 is 5.32 Å². The van der Waals surface area contributed by atoms with E-state index in [1.54, 1.807) is 6.08 Å². The highest BCUT2D eigenvalue weighted by molar-refractivity contribution is 5.79. The van der Waals surface area contributed by atoms with Crippen molar-refractivity contribution in [2.75, 3.05) is 13.1 Å². The maximum absolute atomic E-state index is 10.1. The van der Waals surface area contributed by atoms with Crippen molar-refractivity contribution in [3.05, 3.63) is 24.3 Å². The second kappa shape index (κ2) is 3.93. The molecule has 1 heterocycles. The molecule has 1 atom stereocenters. The molecule has 0 aromatic heterocycles. The number of carbonyl (C=O) groups is 1. The zero-order valence-electron chi connectivity index (χ0n) is 6.16. The van der Waals surface area contributed by atoms with E-state index < -0.39 is 5.97 Å². The van der Waals surface area contributed by atoms with Gasteiger partial charge in [-0.15, -0.1) is 0 Å². The van der Waals surface area contributed by atoms with Gasteiger partial charge in [-0.1, -0.05) is 18.2 Å². The standard InChI is InChI=1S/C8H11NO2/c10-8(11)4-3-7-2-1-5-9-6-7/h1-4,7,9H,5-6H2,(H,10,11). The van der Waals surface area contributed by atoms with E-state index in [1.165, 1.54) is 6.08 Å². The van der Waals surface area contributed by atoms with Crippen molar-refractivity contribution in [2.24, 2.45) is 5.92 Å². The first kappa shape index (κ1) is 8.01. The normalized spacial score (nSPS) is 24.2. The van der Waals surface area contributed by atoms with Crippen LogP contribution in [0.25, 0.3) is 0 Å². The molecule has 0 aromatic carbocycles. The van der Waals surface area contributed by atoms with Crippen LogP contribution in [0.4, 0.5) is 0 Å². The molecule has 0 saturated heterocycles. The third kappa shape index (κ3) is 3.00. The van der Waals surface area contributed by atoms with E-state index in [4.69, 9.17) is 5.11 Å². The highest BCUT2D eigenvalue weighted by atomic mass is 16.4. The highest BCUT2D eigenvalue weighted by Gasteiger charge is 2.02. The van der Waals surface area contributed by atoms with E-state index in [0.717, 1.165) is 13.1 Å². The maximum Gasteiger partial charge on any atom is 0.327 e. The first-order chi connectivity index (χ1) is 5.29. The third-order valence-corrected chi connectivity index (χ3v) is 1.51. The second-order valence-electron chi connectivity index (χ2n) is 2.45. The number of carboxylic acids is 1. The Morgan fingerprint density at radius 2 is 2.55 bits per heavy atom. The summed E-state index contributed by atoms with van der Waals surface area (Å²) in [6.45, 7) is 1.72. The summed E-state index contributed by atoms with van der Waals surface area (Å²) in [5, 5.41) is 11.4. The molecule has 1 rings (SSSR count). The van der Waals surface area contributed by atoms with E-state index in [0.29, 0.717) is 0 Å². The Morgan fingerprint density at radius 3 is 3.09 bits per heavy atom. The fourth-order valence-electron chi connectivity index (χ4n) is 0.982. The quantitative estimate of drug-likeness (QED) is 0.446. The molecule has 0 aliphatic carbocycles. The molecule has 1 aliphatic heterocycles. The van der Waals surface area contributed by atoms with E-state index in [-0.39, 0.29) is 5.92 Å². The van der Waals surface area contributed by atoms with Gasteiger partial charge in [0, 0.05) is 25.1 Å². The lowest BCUT2D eigenvalue weighted by atomic mass is 10.1. The molecule has 0 saturated carbocycles. The molecule has 1 aliphatic rings. The number of carboxylic acid groups (broad SMARTS) is 1. The van der Waals surface area contributed by atoms with Crippen molar-refractivity contribution in [1.29, 1.82) is 0 Å². The molecule has 3 heteroatoms. The largest absolute Gasteiger partial charge is 0.478 e. The lowest BCUT2D eigenvalue weighted by Gasteiger charge is -2.12. The molecular formula is C8H11NO2. The Labute approximate surface area is 65.4 Å². The van der Waals surface area contributed by atoms with Crippen LogP contribution in [0.1, 0.15) is 0 Å². The Bertz CT molecular complexity index is 196. The molecule has 0 fully saturated rings. The summed E-state index contributed by atoms with van der Waals surface area (Å²) in [7, 11) is 0. The minimum atomic E-state index is -0.885. The molecule has 2 N–H and O–H groups in total. The van der Waals surface area contributed by atoms with Gasteiger partial charge in [-0.2, -0.15) is 0 Å². The summed E-state index contributed by atoms with van der Waals surface area (Å²) in [4.78, 5) is 10.1. The van der Waals surface area contributed by atoms with Crippen LogP contribution in [0, 0.1) is 5.92 Å². The predicted molar refractivity (Wildman–Crippen MR) is 42.3 cm³/mol. The average Bonchev–Trinajstić information content (AvgIpc) is 2.03. The SMILES string of the molecule is O=C(O)C=CC1C=CCNC1. The third-order valence-electron chi connectivity index (χ3n) is 1.51. The fraction of sp³-hybridized carbons (Fsp3) is 0.375. The summed E-state index contributed by atoms with van der Waals surface area (Å²) in [5.41, 5.74) is 0. The van der Waals surface area contributed by atoms with Crippen molar-refractivity contribution in [2.45, 2.75) is 0 Å². The van der Waals surface area contributed by atoms with Gasteiger partial charge in [0.05, 0.1) is 0 Å². The van der Waals surface area contributed by atoms with Crippen molar-refractivity contribution in [3.8, 4) is 0 Å². The van der Waals surface area contributed by atoms with Gasteiger partial charge in [-0.3, -0.25) is 0 Å². The van der Waals surface area contributed by atoms with E-state index in [9.17, 15) is 4.79 Å². The summed E-state index contributed by atoms with van der Waals surface area (Å²) in [6.07, 6.45) is 6.88. The van der Waals surface area contributed by atoms with Crippen molar-refractivity contribution < 1.29 is 9.90 Å². The van der Waals surface area contributed by atoms with Crippen molar-refractivity contribution >= 4 is 5.97 Å². The van der Waals surface area contributed by atoms with Gasteiger partial charge in [0.15, 0.2) is 0 Å².